The summed E-state index contributed by atoms with van der Waals surface area (Å²) in [5.41, 5.74) is 0. The van der Waals surface area contributed by atoms with E-state index in [9.17, 15) is 91.0 Å². The molecule has 602 valence electrons. The normalized spacial score (nSPS) is 34.9. The van der Waals surface area contributed by atoms with Crippen LogP contribution in [0.4, 0.5) is 0 Å². The lowest BCUT2D eigenvalue weighted by Gasteiger charge is -2.50. The Bertz CT molecular complexity index is 2310. The average molecular weight is 1490 g/mol. The summed E-state index contributed by atoms with van der Waals surface area (Å²) in [4.78, 5) is 38.6. The molecule has 0 radical (unpaired) electrons. The van der Waals surface area contributed by atoms with Crippen LogP contribution in [0, 0.1) is 0 Å². The fourth-order valence-corrected chi connectivity index (χ4v) is 14.0. The third-order valence-corrected chi connectivity index (χ3v) is 20.1. The average Bonchev–Trinajstić information content (AvgIpc) is 0.774. The van der Waals surface area contributed by atoms with Crippen molar-refractivity contribution in [1.82, 2.24) is 16.0 Å². The van der Waals surface area contributed by atoms with E-state index in [4.69, 9.17) is 47.4 Å². The fourth-order valence-electron chi connectivity index (χ4n) is 14.0. The van der Waals surface area contributed by atoms with Gasteiger partial charge in [-0.25, -0.2) is 0 Å². The van der Waals surface area contributed by atoms with Gasteiger partial charge in [0.2, 0.25) is 17.7 Å². The van der Waals surface area contributed by atoms with Gasteiger partial charge >= 0.3 is 0 Å². The fraction of sp³-hybridized carbons (Fsp3) is 0.931. The Balaban J connectivity index is 1.20. The van der Waals surface area contributed by atoms with Gasteiger partial charge in [-0.2, -0.15) is 0 Å². The van der Waals surface area contributed by atoms with E-state index in [1.807, 2.05) is 6.08 Å². The maximum atomic E-state index is 13.5. The van der Waals surface area contributed by atoms with E-state index in [0.717, 1.165) is 58.8 Å². The molecule has 5 aliphatic rings. The third-order valence-electron chi connectivity index (χ3n) is 20.1. The zero-order chi connectivity index (χ0) is 75.4. The maximum absolute atomic E-state index is 13.5. The number of aliphatic hydroxyl groups excluding tert-OH is 15. The molecule has 5 fully saturated rings. The standard InChI is InChI=1S/C72H131N3O28/c1-5-7-9-11-13-15-17-19-20-21-22-24-26-28-30-32-34-36-52(84)75-45(46(83)35-33-31-29-27-25-23-18-16-14-12-10-8-6-2)42-94-70-61(91)59(89)65(50(40-79)98-70)101-71-62(92)60(90)64(51(41-80)99-71)100-69-54(74-44(4)82)66(56(86)48(38-77)96-69)102-72-63(93)67(57(87)49(39-78)97-72)103-68-53(73-43(3)81)58(88)55(85)47(37-76)95-68/h33,35,45-51,53-72,76-80,83,85-93H,5-32,34,36-42H2,1-4H3,(H,73,81)(H,74,82)(H,75,84)/b35-33+/t45-,46+,47?,48?,49?,50?,51?,53?,54?,55+,56-,57-,58+,59+,60+,61?,62?,63?,64-,65+,66+,67-,68-,69-,70+,71-,72-/m0/s1. The van der Waals surface area contributed by atoms with Gasteiger partial charge in [0.05, 0.1) is 51.8 Å². The number of amides is 3. The van der Waals surface area contributed by atoms with Crippen LogP contribution in [0.5, 0.6) is 0 Å². The molecule has 5 rings (SSSR count). The van der Waals surface area contributed by atoms with Crippen LogP contribution in [0.3, 0.4) is 0 Å². The Morgan fingerprint density at radius 3 is 1.19 bits per heavy atom. The summed E-state index contributed by atoms with van der Waals surface area (Å²) < 4.78 is 59.1. The topological polar surface area (TPSA) is 483 Å². The number of allylic oxidation sites excluding steroid dienone is 1. The van der Waals surface area contributed by atoms with Gasteiger partial charge in [0.25, 0.3) is 0 Å². The molecule has 0 spiro atoms. The minimum Gasteiger partial charge on any atom is -0.394 e. The van der Waals surface area contributed by atoms with Gasteiger partial charge in [-0.05, 0) is 19.3 Å². The molecule has 0 aliphatic carbocycles. The van der Waals surface area contributed by atoms with Gasteiger partial charge in [-0.1, -0.05) is 193 Å². The molecule has 0 aromatic heterocycles. The van der Waals surface area contributed by atoms with Crippen LogP contribution in [-0.4, -0.2) is 300 Å². The van der Waals surface area contributed by atoms with Crippen LogP contribution in [-0.2, 0) is 61.8 Å². The first-order valence-electron chi connectivity index (χ1n) is 38.5. The van der Waals surface area contributed by atoms with Crippen LogP contribution < -0.4 is 16.0 Å². The zero-order valence-electron chi connectivity index (χ0n) is 61.2. The predicted octanol–water partition coefficient (Wildman–Crippen LogP) is 0.532. The Morgan fingerprint density at radius 2 is 0.728 bits per heavy atom. The molecule has 0 bridgehead atoms. The quantitative estimate of drug-likeness (QED) is 0.0292. The van der Waals surface area contributed by atoms with E-state index in [2.05, 4.69) is 29.8 Å². The molecule has 10 unspecified atom stereocenters. The second-order valence-electron chi connectivity index (χ2n) is 28.6. The number of hydrogen-bond acceptors (Lipinski definition) is 28. The number of rotatable bonds is 51. The van der Waals surface area contributed by atoms with E-state index < -0.39 is 217 Å². The number of carbonyl (C=O) groups is 3. The van der Waals surface area contributed by atoms with E-state index in [-0.39, 0.29) is 12.3 Å². The van der Waals surface area contributed by atoms with Gasteiger partial charge < -0.3 is 140 Å². The highest BCUT2D eigenvalue weighted by Gasteiger charge is 2.57. The van der Waals surface area contributed by atoms with Gasteiger partial charge in [-0.3, -0.25) is 14.4 Å². The van der Waals surface area contributed by atoms with Crippen LogP contribution in [0.2, 0.25) is 0 Å². The van der Waals surface area contributed by atoms with Crippen molar-refractivity contribution in [3.63, 3.8) is 0 Å². The van der Waals surface area contributed by atoms with Crippen LogP contribution in [0.25, 0.3) is 0 Å². The highest BCUT2D eigenvalue weighted by Crippen LogP contribution is 2.37. The molecular weight excluding hydrogens is 1350 g/mol. The molecule has 0 saturated carbocycles. The minimum atomic E-state index is -2.17. The van der Waals surface area contributed by atoms with E-state index >= 15 is 0 Å². The highest BCUT2D eigenvalue weighted by molar-refractivity contribution is 5.76. The number of ether oxygens (including phenoxy) is 10. The Morgan fingerprint density at radius 1 is 0.379 bits per heavy atom. The second-order valence-corrected chi connectivity index (χ2v) is 28.6. The first kappa shape index (κ1) is 90.8. The van der Waals surface area contributed by atoms with E-state index in [0.29, 0.717) is 12.8 Å². The van der Waals surface area contributed by atoms with Crippen molar-refractivity contribution in [1.29, 1.82) is 0 Å². The van der Waals surface area contributed by atoms with Crippen LogP contribution in [0.15, 0.2) is 12.2 Å². The third kappa shape index (κ3) is 29.5. The second kappa shape index (κ2) is 50.0. The number of unbranched alkanes of at least 4 members (excludes halogenated alkanes) is 27. The summed E-state index contributed by atoms with van der Waals surface area (Å²) in [6, 6.07) is -4.37. The van der Waals surface area contributed by atoms with E-state index in [1.54, 1.807) is 6.08 Å². The van der Waals surface area contributed by atoms with Crippen LogP contribution in [0.1, 0.15) is 220 Å². The van der Waals surface area contributed by atoms with Crippen LogP contribution >= 0.6 is 0 Å². The van der Waals surface area contributed by atoms with Gasteiger partial charge in [0.15, 0.2) is 31.5 Å². The van der Waals surface area contributed by atoms with E-state index in [1.165, 1.54) is 128 Å². The first-order valence-corrected chi connectivity index (χ1v) is 38.5. The van der Waals surface area contributed by atoms with Gasteiger partial charge in [0, 0.05) is 20.3 Å². The molecule has 5 heterocycles. The molecule has 27 atom stereocenters. The lowest BCUT2D eigenvalue weighted by molar-refractivity contribution is -0.383. The van der Waals surface area contributed by atoms with Crippen molar-refractivity contribution in [3.8, 4) is 0 Å². The molecule has 5 aliphatic heterocycles. The maximum Gasteiger partial charge on any atom is 0.220 e. The lowest BCUT2D eigenvalue weighted by atomic mass is 9.94. The molecule has 31 heteroatoms. The summed E-state index contributed by atoms with van der Waals surface area (Å²) in [5, 5.41) is 174. The highest BCUT2D eigenvalue weighted by atomic mass is 16.8. The van der Waals surface area contributed by atoms with Crippen molar-refractivity contribution in [3.05, 3.63) is 12.2 Å². The lowest BCUT2D eigenvalue weighted by Crippen LogP contribution is -2.70. The number of aliphatic hydroxyl groups is 15. The molecule has 0 aromatic rings. The molecular formula is C72H131N3O28. The summed E-state index contributed by atoms with van der Waals surface area (Å²) in [7, 11) is 0. The number of nitrogens with one attached hydrogen (secondary N) is 3. The van der Waals surface area contributed by atoms with Crippen molar-refractivity contribution >= 4 is 17.7 Å². The van der Waals surface area contributed by atoms with Crippen molar-refractivity contribution < 1.29 is 138 Å². The molecule has 31 nitrogen and oxygen atoms in total. The summed E-state index contributed by atoms with van der Waals surface area (Å²) in [5.74, 6) is -1.89. The Hall–Kier alpha value is -2.85. The Labute approximate surface area is 607 Å². The SMILES string of the molecule is CCCCCCCCCCCCC/C=C/[C@@H](O)[C@H](CO[C@@H]1OC(CO)[C@@H](O[C@@H]2OC(CO)[C@H](O[C@@H]3OC(CO)[C@H](O)[C@H](O[C@@H]4OC(CO)[C@H](O)[C@H](O[C@@H]5OC(CO)[C@@H](O)[C@H](O)C5NC(C)=O)C4O)C3NC(C)=O)[C@H](O)C2O)[C@H](O)C1O)NC(=O)CCCCCCCCCCCCCCCCCCC. The predicted molar refractivity (Wildman–Crippen MR) is 370 cm³/mol. The summed E-state index contributed by atoms with van der Waals surface area (Å²) in [6.07, 6.45) is -6.53. The summed E-state index contributed by atoms with van der Waals surface area (Å²) in [6.45, 7) is 1.39. The number of carbonyl (C=O) groups excluding carboxylic acids is 3. The van der Waals surface area contributed by atoms with Crippen molar-refractivity contribution in [2.24, 2.45) is 0 Å². The first-order chi connectivity index (χ1) is 49.6. The van der Waals surface area contributed by atoms with Gasteiger partial charge in [0.1, 0.15) is 122 Å². The molecule has 18 N–H and O–H groups in total. The summed E-state index contributed by atoms with van der Waals surface area (Å²) >= 11 is 0. The number of hydrogen-bond donors (Lipinski definition) is 18. The van der Waals surface area contributed by atoms with Gasteiger partial charge in [-0.15, -0.1) is 0 Å². The minimum absolute atomic E-state index is 0.195. The Kier molecular flexibility index (Phi) is 44.1. The van der Waals surface area contributed by atoms with Crippen molar-refractivity contribution in [2.45, 2.75) is 386 Å². The zero-order valence-corrected chi connectivity index (χ0v) is 61.2. The molecule has 3 amide bonds. The largest absolute Gasteiger partial charge is 0.394 e. The molecule has 5 saturated heterocycles. The smallest absolute Gasteiger partial charge is 0.220 e. The monoisotopic (exact) mass is 1490 g/mol. The molecule has 103 heavy (non-hydrogen) atoms. The van der Waals surface area contributed by atoms with Crippen molar-refractivity contribution in [2.75, 3.05) is 39.6 Å². The molecule has 0 aromatic carbocycles.